The molecule has 30 heavy (non-hydrogen) atoms. The Hall–Kier alpha value is -3.41. The third-order valence-corrected chi connectivity index (χ3v) is 4.99. The summed E-state index contributed by atoms with van der Waals surface area (Å²) in [5.41, 5.74) is 3.26. The van der Waals surface area contributed by atoms with Gasteiger partial charge in [0.15, 0.2) is 11.6 Å². The van der Waals surface area contributed by atoms with Crippen molar-refractivity contribution in [3.8, 4) is 11.5 Å². The van der Waals surface area contributed by atoms with Gasteiger partial charge in [0.2, 0.25) is 0 Å². The van der Waals surface area contributed by atoms with Crippen LogP contribution in [0.15, 0.2) is 52.9 Å². The molecule has 0 bridgehead atoms. The first-order valence-corrected chi connectivity index (χ1v) is 10.1. The molecule has 0 unspecified atom stereocenters. The maximum Gasteiger partial charge on any atom is 0.338 e. The van der Waals surface area contributed by atoms with Gasteiger partial charge in [0.25, 0.3) is 0 Å². The van der Waals surface area contributed by atoms with Crippen LogP contribution in [0.1, 0.15) is 38.1 Å². The lowest BCUT2D eigenvalue weighted by Gasteiger charge is -2.24. The molecule has 4 rings (SSSR count). The van der Waals surface area contributed by atoms with Gasteiger partial charge >= 0.3 is 5.97 Å². The van der Waals surface area contributed by atoms with E-state index >= 15 is 0 Å². The molecule has 0 aliphatic heterocycles. The van der Waals surface area contributed by atoms with Crippen molar-refractivity contribution in [2.24, 2.45) is 0 Å². The number of hydrogen-bond acceptors (Lipinski definition) is 6. The molecule has 0 radical (unpaired) electrons. The summed E-state index contributed by atoms with van der Waals surface area (Å²) in [6, 6.07) is 15.3. The number of carbonyl (C=O) groups excluding carboxylic acids is 1. The van der Waals surface area contributed by atoms with E-state index in [1.807, 2.05) is 56.1 Å². The summed E-state index contributed by atoms with van der Waals surface area (Å²) in [4.78, 5) is 24.1. The molecular weight excluding hydrogens is 378 g/mol. The SMILES string of the molecule is CC(C)OC(=O)c1ccc2nc(-c3cc4ccccc4o3)c(N(C)C(C)C)nc2c1. The van der Waals surface area contributed by atoms with E-state index in [1.54, 1.807) is 18.2 Å². The number of fused-ring (bicyclic) bond motifs is 2. The van der Waals surface area contributed by atoms with Crippen molar-refractivity contribution in [3.05, 3.63) is 54.1 Å². The molecule has 0 spiro atoms. The monoisotopic (exact) mass is 403 g/mol. The van der Waals surface area contributed by atoms with Gasteiger partial charge < -0.3 is 14.1 Å². The van der Waals surface area contributed by atoms with E-state index < -0.39 is 0 Å². The summed E-state index contributed by atoms with van der Waals surface area (Å²) in [5.74, 6) is 0.996. The molecule has 2 aromatic heterocycles. The number of rotatable bonds is 5. The van der Waals surface area contributed by atoms with E-state index in [-0.39, 0.29) is 18.1 Å². The molecule has 0 N–H and O–H groups in total. The number of benzene rings is 2. The molecule has 6 nitrogen and oxygen atoms in total. The second-order valence-electron chi connectivity index (χ2n) is 7.91. The molecule has 0 fully saturated rings. The van der Waals surface area contributed by atoms with Crippen molar-refractivity contribution in [3.63, 3.8) is 0 Å². The van der Waals surface area contributed by atoms with E-state index in [1.165, 1.54) is 0 Å². The third-order valence-electron chi connectivity index (χ3n) is 4.99. The van der Waals surface area contributed by atoms with Crippen molar-refractivity contribution in [2.75, 3.05) is 11.9 Å². The van der Waals surface area contributed by atoms with Crippen LogP contribution in [0, 0.1) is 0 Å². The molecule has 0 aliphatic carbocycles. The van der Waals surface area contributed by atoms with E-state index in [0.29, 0.717) is 33.9 Å². The van der Waals surface area contributed by atoms with Gasteiger partial charge in [-0.15, -0.1) is 0 Å². The Morgan fingerprint density at radius 1 is 1.00 bits per heavy atom. The number of carbonyl (C=O) groups is 1. The van der Waals surface area contributed by atoms with Gasteiger partial charge in [-0.2, -0.15) is 0 Å². The van der Waals surface area contributed by atoms with Gasteiger partial charge in [-0.05, 0) is 58.0 Å². The Labute approximate surface area is 175 Å². The molecule has 154 valence electrons. The lowest BCUT2D eigenvalue weighted by Crippen LogP contribution is -2.27. The summed E-state index contributed by atoms with van der Waals surface area (Å²) in [6.45, 7) is 7.83. The molecular formula is C24H25N3O3. The average molecular weight is 403 g/mol. The minimum atomic E-state index is -0.367. The molecule has 0 saturated heterocycles. The fourth-order valence-corrected chi connectivity index (χ4v) is 3.21. The van der Waals surface area contributed by atoms with Crippen LogP contribution in [0.5, 0.6) is 0 Å². The number of para-hydroxylation sites is 1. The predicted molar refractivity (Wildman–Crippen MR) is 119 cm³/mol. The topological polar surface area (TPSA) is 68.5 Å². The molecule has 0 aliphatic rings. The molecule has 6 heteroatoms. The minimum absolute atomic E-state index is 0.183. The van der Waals surface area contributed by atoms with Gasteiger partial charge in [0, 0.05) is 18.5 Å². The zero-order chi connectivity index (χ0) is 21.4. The van der Waals surface area contributed by atoms with Gasteiger partial charge in [-0.3, -0.25) is 0 Å². The lowest BCUT2D eigenvalue weighted by atomic mass is 10.1. The maximum absolute atomic E-state index is 12.3. The quantitative estimate of drug-likeness (QED) is 0.413. The molecule has 0 atom stereocenters. The van der Waals surface area contributed by atoms with Crippen LogP contribution < -0.4 is 4.90 Å². The van der Waals surface area contributed by atoms with Crippen molar-refractivity contribution < 1.29 is 13.9 Å². The van der Waals surface area contributed by atoms with E-state index in [2.05, 4.69) is 13.8 Å². The normalized spacial score (nSPS) is 11.6. The molecule has 2 heterocycles. The Morgan fingerprint density at radius 2 is 1.77 bits per heavy atom. The summed E-state index contributed by atoms with van der Waals surface area (Å²) < 4.78 is 11.4. The molecule has 4 aromatic rings. The van der Waals surface area contributed by atoms with Crippen LogP contribution in [-0.2, 0) is 4.74 Å². The first kappa shape index (κ1) is 19.9. The summed E-state index contributed by atoms with van der Waals surface area (Å²) in [5, 5.41) is 1.01. The van der Waals surface area contributed by atoms with Gasteiger partial charge in [0.1, 0.15) is 11.3 Å². The van der Waals surface area contributed by atoms with Crippen LogP contribution in [0.2, 0.25) is 0 Å². The second kappa shape index (κ2) is 7.78. The standard InChI is InChI=1S/C24H25N3O3/c1-14(2)27(5)23-22(21-13-16-8-6-7-9-20(16)30-21)25-18-11-10-17(12-19(18)26-23)24(28)29-15(3)4/h6-15H,1-5H3. The second-order valence-corrected chi connectivity index (χ2v) is 7.91. The number of aromatic nitrogens is 2. The number of anilines is 1. The van der Waals surface area contributed by atoms with E-state index in [0.717, 1.165) is 11.0 Å². The summed E-state index contributed by atoms with van der Waals surface area (Å²) >= 11 is 0. The number of esters is 1. The highest BCUT2D eigenvalue weighted by Crippen LogP contribution is 2.34. The molecule has 2 aromatic carbocycles. The number of hydrogen-bond donors (Lipinski definition) is 0. The Morgan fingerprint density at radius 3 is 2.47 bits per heavy atom. The Bertz CT molecular complexity index is 1190. The maximum atomic E-state index is 12.3. The van der Waals surface area contributed by atoms with Crippen molar-refractivity contribution in [2.45, 2.75) is 39.8 Å². The Balaban J connectivity index is 1.88. The Kier molecular flexibility index (Phi) is 5.16. The zero-order valence-corrected chi connectivity index (χ0v) is 17.8. The van der Waals surface area contributed by atoms with Crippen molar-refractivity contribution in [1.82, 2.24) is 9.97 Å². The number of nitrogens with zero attached hydrogens (tertiary/aromatic N) is 3. The molecule has 0 saturated carbocycles. The summed E-state index contributed by atoms with van der Waals surface area (Å²) in [7, 11) is 1.98. The number of furan rings is 1. The highest BCUT2D eigenvalue weighted by Gasteiger charge is 2.21. The van der Waals surface area contributed by atoms with Gasteiger partial charge in [0.05, 0.1) is 22.7 Å². The predicted octanol–water partition coefficient (Wildman–Crippen LogP) is 5.45. The first-order chi connectivity index (χ1) is 14.3. The number of ether oxygens (including phenoxy) is 1. The minimum Gasteiger partial charge on any atom is -0.459 e. The van der Waals surface area contributed by atoms with Crippen molar-refractivity contribution >= 4 is 33.8 Å². The van der Waals surface area contributed by atoms with Crippen LogP contribution in [0.25, 0.3) is 33.5 Å². The summed E-state index contributed by atoms with van der Waals surface area (Å²) in [6.07, 6.45) is -0.183. The fourth-order valence-electron chi connectivity index (χ4n) is 3.21. The van der Waals surface area contributed by atoms with Crippen LogP contribution in [0.4, 0.5) is 5.82 Å². The van der Waals surface area contributed by atoms with Crippen LogP contribution in [0.3, 0.4) is 0 Å². The zero-order valence-electron chi connectivity index (χ0n) is 17.8. The molecule has 0 amide bonds. The third kappa shape index (κ3) is 3.73. The highest BCUT2D eigenvalue weighted by atomic mass is 16.5. The van der Waals surface area contributed by atoms with Crippen molar-refractivity contribution in [1.29, 1.82) is 0 Å². The highest BCUT2D eigenvalue weighted by molar-refractivity contribution is 5.95. The van der Waals surface area contributed by atoms with E-state index in [9.17, 15) is 4.79 Å². The van der Waals surface area contributed by atoms with Gasteiger partial charge in [-0.25, -0.2) is 14.8 Å². The lowest BCUT2D eigenvalue weighted by molar-refractivity contribution is 0.0378. The average Bonchev–Trinajstić information content (AvgIpc) is 3.15. The van der Waals surface area contributed by atoms with Crippen LogP contribution >= 0.6 is 0 Å². The van der Waals surface area contributed by atoms with E-state index in [4.69, 9.17) is 19.1 Å². The van der Waals surface area contributed by atoms with Crippen LogP contribution in [-0.4, -0.2) is 35.1 Å². The largest absolute Gasteiger partial charge is 0.459 e. The first-order valence-electron chi connectivity index (χ1n) is 10.1. The van der Waals surface area contributed by atoms with Gasteiger partial charge in [-0.1, -0.05) is 18.2 Å². The fraction of sp³-hybridized carbons (Fsp3) is 0.292. The smallest absolute Gasteiger partial charge is 0.338 e.